The molecule has 0 saturated heterocycles. The maximum atomic E-state index is 5.38. The van der Waals surface area contributed by atoms with E-state index in [2.05, 4.69) is 10.6 Å². The van der Waals surface area contributed by atoms with Crippen molar-refractivity contribution < 1.29 is 14.4 Å². The van der Waals surface area contributed by atoms with Crippen molar-refractivity contribution >= 4 is 22.4 Å². The lowest BCUT2D eigenvalue weighted by Gasteiger charge is -2.12. The number of oxime groups is 1. The molecular formula is C19H17N3O3. The molecule has 0 unspecified atom stereocenters. The van der Waals surface area contributed by atoms with Crippen LogP contribution < -0.4 is 10.2 Å². The van der Waals surface area contributed by atoms with Gasteiger partial charge in [0.1, 0.15) is 18.6 Å². The number of benzene rings is 2. The van der Waals surface area contributed by atoms with Crippen LogP contribution in [-0.4, -0.2) is 32.0 Å². The second-order valence-electron chi connectivity index (χ2n) is 5.57. The third-order valence-corrected chi connectivity index (χ3v) is 4.26. The maximum Gasteiger partial charge on any atom is 0.159 e. The lowest BCUT2D eigenvalue weighted by atomic mass is 10.0. The van der Waals surface area contributed by atoms with E-state index < -0.39 is 0 Å². The molecule has 4 rings (SSSR count). The number of anilines is 1. The number of fused-ring (bicyclic) bond motifs is 5. The lowest BCUT2D eigenvalue weighted by molar-refractivity contribution is 0.214. The summed E-state index contributed by atoms with van der Waals surface area (Å²) in [6, 6.07) is 13.8. The van der Waals surface area contributed by atoms with E-state index in [1.807, 2.05) is 42.5 Å². The number of methoxy groups -OCH3 is 1. The van der Waals surface area contributed by atoms with E-state index in [1.165, 1.54) is 0 Å². The van der Waals surface area contributed by atoms with Crippen molar-refractivity contribution in [3.8, 4) is 16.9 Å². The van der Waals surface area contributed by atoms with Gasteiger partial charge in [-0.1, -0.05) is 23.4 Å². The second kappa shape index (κ2) is 6.07. The monoisotopic (exact) mass is 335 g/mol. The van der Waals surface area contributed by atoms with Gasteiger partial charge in [-0.15, -0.1) is 0 Å². The Kier molecular flexibility index (Phi) is 3.74. The summed E-state index contributed by atoms with van der Waals surface area (Å²) in [5.74, 6) is 1.40. The SMILES string of the molecule is CO/N=C1\c2cc(OC)ccc2-c2c(NOC)nc3ccccc3c21. The molecule has 2 aromatic carbocycles. The quantitative estimate of drug-likeness (QED) is 0.577. The fourth-order valence-corrected chi connectivity index (χ4v) is 3.28. The van der Waals surface area contributed by atoms with E-state index in [0.29, 0.717) is 5.82 Å². The Hall–Kier alpha value is -3.12. The summed E-state index contributed by atoms with van der Waals surface area (Å²) < 4.78 is 5.38. The Labute approximate surface area is 145 Å². The van der Waals surface area contributed by atoms with Gasteiger partial charge in [0.05, 0.1) is 19.7 Å². The number of ether oxygens (including phenoxy) is 1. The van der Waals surface area contributed by atoms with Crippen LogP contribution in [0.25, 0.3) is 22.0 Å². The molecule has 0 bridgehead atoms. The van der Waals surface area contributed by atoms with Crippen LogP contribution >= 0.6 is 0 Å². The molecule has 0 fully saturated rings. The first-order valence-corrected chi connectivity index (χ1v) is 7.80. The second-order valence-corrected chi connectivity index (χ2v) is 5.57. The highest BCUT2D eigenvalue weighted by molar-refractivity contribution is 6.30. The highest BCUT2D eigenvalue weighted by Crippen LogP contribution is 2.45. The fourth-order valence-electron chi connectivity index (χ4n) is 3.28. The molecule has 25 heavy (non-hydrogen) atoms. The first-order chi connectivity index (χ1) is 12.3. The first-order valence-electron chi connectivity index (χ1n) is 7.80. The molecule has 0 aliphatic heterocycles. The average Bonchev–Trinajstić information content (AvgIpc) is 2.97. The summed E-state index contributed by atoms with van der Waals surface area (Å²) in [5, 5.41) is 5.30. The maximum absolute atomic E-state index is 5.38. The summed E-state index contributed by atoms with van der Waals surface area (Å²) in [6.07, 6.45) is 0. The third kappa shape index (κ3) is 2.30. The van der Waals surface area contributed by atoms with Crippen molar-refractivity contribution in [1.29, 1.82) is 0 Å². The van der Waals surface area contributed by atoms with Gasteiger partial charge in [0.25, 0.3) is 0 Å². The van der Waals surface area contributed by atoms with E-state index in [4.69, 9.17) is 19.4 Å². The minimum absolute atomic E-state index is 0.643. The summed E-state index contributed by atoms with van der Waals surface area (Å²) in [6.45, 7) is 0. The van der Waals surface area contributed by atoms with Crippen molar-refractivity contribution in [3.63, 3.8) is 0 Å². The molecule has 1 heterocycles. The zero-order valence-corrected chi connectivity index (χ0v) is 14.2. The van der Waals surface area contributed by atoms with Crippen molar-refractivity contribution in [2.24, 2.45) is 5.16 Å². The topological polar surface area (TPSA) is 65.0 Å². The summed E-state index contributed by atoms with van der Waals surface area (Å²) >= 11 is 0. The standard InChI is InChI=1S/C19H17N3O3/c1-23-11-8-9-12-14(10-11)18(21-24-2)16-13-6-4-5-7-15(13)20-19(17(12)16)22-25-3/h4-10H,1-3H3,(H,20,22)/b21-18+. The smallest absolute Gasteiger partial charge is 0.159 e. The Balaban J connectivity index is 2.12. The number of aromatic nitrogens is 1. The third-order valence-electron chi connectivity index (χ3n) is 4.26. The minimum Gasteiger partial charge on any atom is -0.497 e. The van der Waals surface area contributed by atoms with E-state index >= 15 is 0 Å². The first kappa shape index (κ1) is 15.4. The average molecular weight is 335 g/mol. The minimum atomic E-state index is 0.643. The largest absolute Gasteiger partial charge is 0.497 e. The highest BCUT2D eigenvalue weighted by atomic mass is 16.6. The fraction of sp³-hybridized carbons (Fsp3) is 0.158. The highest BCUT2D eigenvalue weighted by Gasteiger charge is 2.31. The van der Waals surface area contributed by atoms with E-state index in [1.54, 1.807) is 21.3 Å². The number of para-hydroxylation sites is 1. The molecule has 1 aliphatic rings. The van der Waals surface area contributed by atoms with Crippen LogP contribution in [0.2, 0.25) is 0 Å². The molecule has 0 spiro atoms. The normalized spacial score (nSPS) is 13.6. The molecule has 1 N–H and O–H groups in total. The predicted octanol–water partition coefficient (Wildman–Crippen LogP) is 3.60. The van der Waals surface area contributed by atoms with Crippen molar-refractivity contribution in [2.75, 3.05) is 26.8 Å². The van der Waals surface area contributed by atoms with Gasteiger partial charge in [0, 0.05) is 22.1 Å². The molecular weight excluding hydrogens is 318 g/mol. The van der Waals surface area contributed by atoms with Gasteiger partial charge in [0.2, 0.25) is 0 Å². The molecule has 0 amide bonds. The van der Waals surface area contributed by atoms with Gasteiger partial charge in [-0.2, -0.15) is 0 Å². The van der Waals surface area contributed by atoms with Crippen LogP contribution in [0.5, 0.6) is 5.75 Å². The van der Waals surface area contributed by atoms with Crippen LogP contribution in [0, 0.1) is 0 Å². The van der Waals surface area contributed by atoms with Gasteiger partial charge in [0.15, 0.2) is 5.82 Å². The lowest BCUT2D eigenvalue weighted by Crippen LogP contribution is -2.04. The van der Waals surface area contributed by atoms with E-state index in [9.17, 15) is 0 Å². The summed E-state index contributed by atoms with van der Waals surface area (Å²) in [4.78, 5) is 15.0. The van der Waals surface area contributed by atoms with Crippen LogP contribution in [0.15, 0.2) is 47.6 Å². The molecule has 126 valence electrons. The number of hydrogen-bond donors (Lipinski definition) is 1. The summed E-state index contributed by atoms with van der Waals surface area (Å²) in [7, 11) is 4.76. The van der Waals surface area contributed by atoms with Crippen molar-refractivity contribution in [1.82, 2.24) is 4.98 Å². The Morgan fingerprint density at radius 2 is 1.80 bits per heavy atom. The Morgan fingerprint density at radius 3 is 2.56 bits per heavy atom. The van der Waals surface area contributed by atoms with Gasteiger partial charge in [-0.3, -0.25) is 4.84 Å². The number of pyridine rings is 1. The van der Waals surface area contributed by atoms with Crippen molar-refractivity contribution in [2.45, 2.75) is 0 Å². The van der Waals surface area contributed by atoms with Gasteiger partial charge in [-0.05, 0) is 29.8 Å². The predicted molar refractivity (Wildman–Crippen MR) is 97.0 cm³/mol. The molecule has 0 atom stereocenters. The molecule has 6 heteroatoms. The van der Waals surface area contributed by atoms with E-state index in [-0.39, 0.29) is 0 Å². The molecule has 1 aliphatic carbocycles. The zero-order chi connectivity index (χ0) is 17.4. The number of rotatable bonds is 4. The Morgan fingerprint density at radius 1 is 0.960 bits per heavy atom. The summed E-state index contributed by atoms with van der Waals surface area (Å²) in [5.41, 5.74) is 8.35. The van der Waals surface area contributed by atoms with Crippen LogP contribution in [0.1, 0.15) is 11.1 Å². The molecule has 6 nitrogen and oxygen atoms in total. The molecule has 1 aromatic heterocycles. The van der Waals surface area contributed by atoms with E-state index in [0.717, 1.165) is 44.6 Å². The molecule has 0 radical (unpaired) electrons. The van der Waals surface area contributed by atoms with Crippen LogP contribution in [0.3, 0.4) is 0 Å². The Bertz CT molecular complexity index is 999. The number of hydrogen-bond acceptors (Lipinski definition) is 6. The van der Waals surface area contributed by atoms with Gasteiger partial charge >= 0.3 is 0 Å². The number of nitrogens with one attached hydrogen (secondary N) is 1. The van der Waals surface area contributed by atoms with Crippen LogP contribution in [-0.2, 0) is 9.68 Å². The van der Waals surface area contributed by atoms with Crippen molar-refractivity contribution in [3.05, 3.63) is 53.6 Å². The van der Waals surface area contributed by atoms with Gasteiger partial charge < -0.3 is 9.57 Å². The number of nitrogens with zero attached hydrogens (tertiary/aromatic N) is 2. The van der Waals surface area contributed by atoms with Crippen LogP contribution in [0.4, 0.5) is 5.82 Å². The van der Waals surface area contributed by atoms with Gasteiger partial charge in [-0.25, -0.2) is 10.5 Å². The molecule has 0 saturated carbocycles. The molecule has 3 aromatic rings. The zero-order valence-electron chi connectivity index (χ0n) is 14.2.